The van der Waals surface area contributed by atoms with Gasteiger partial charge in [-0.05, 0) is 24.8 Å². The van der Waals surface area contributed by atoms with Crippen molar-refractivity contribution in [1.29, 1.82) is 0 Å². The van der Waals surface area contributed by atoms with Crippen molar-refractivity contribution in [2.75, 3.05) is 19.6 Å². The Labute approximate surface area is 80.3 Å². The number of nitrogens with zero attached hydrogens (tertiary/aromatic N) is 1. The van der Waals surface area contributed by atoms with Gasteiger partial charge in [0.2, 0.25) is 0 Å². The molecular weight excluding hydrogens is 162 g/mol. The minimum atomic E-state index is 0.505. The molecule has 2 rings (SSSR count). The van der Waals surface area contributed by atoms with E-state index < -0.39 is 0 Å². The van der Waals surface area contributed by atoms with Crippen molar-refractivity contribution >= 4 is 5.78 Å². The van der Waals surface area contributed by atoms with E-state index in [1.165, 1.54) is 32.5 Å². The lowest BCUT2D eigenvalue weighted by Gasteiger charge is -2.15. The first-order chi connectivity index (χ1) is 6.29. The van der Waals surface area contributed by atoms with Crippen molar-refractivity contribution in [3.8, 4) is 0 Å². The Morgan fingerprint density at radius 3 is 2.46 bits per heavy atom. The van der Waals surface area contributed by atoms with Crippen molar-refractivity contribution in [1.82, 2.24) is 4.90 Å². The number of ketones is 1. The first-order valence-corrected chi connectivity index (χ1v) is 5.53. The van der Waals surface area contributed by atoms with Crippen LogP contribution in [0.1, 0.15) is 32.6 Å². The quantitative estimate of drug-likeness (QED) is 0.660. The molecule has 1 heterocycles. The minimum Gasteiger partial charge on any atom is -0.303 e. The summed E-state index contributed by atoms with van der Waals surface area (Å²) in [6.07, 6.45) is 4.33. The summed E-state index contributed by atoms with van der Waals surface area (Å²) in [6, 6.07) is 0. The fourth-order valence-electron chi connectivity index (χ4n) is 2.73. The Hall–Kier alpha value is -0.370. The lowest BCUT2D eigenvalue weighted by molar-refractivity contribution is -0.118. The highest BCUT2D eigenvalue weighted by Gasteiger charge is 2.39. The molecule has 1 aliphatic heterocycles. The molecule has 0 aromatic rings. The number of Topliss-reactive ketones (excluding diaryl/α,β-unsaturated/α-hetero) is 1. The molecule has 13 heavy (non-hydrogen) atoms. The van der Waals surface area contributed by atoms with Gasteiger partial charge in [0.1, 0.15) is 5.78 Å². The van der Waals surface area contributed by atoms with Gasteiger partial charge in [0.15, 0.2) is 0 Å². The van der Waals surface area contributed by atoms with Crippen molar-refractivity contribution < 1.29 is 4.79 Å². The molecule has 1 saturated carbocycles. The zero-order chi connectivity index (χ0) is 9.26. The van der Waals surface area contributed by atoms with E-state index in [2.05, 4.69) is 11.8 Å². The van der Waals surface area contributed by atoms with E-state index in [0.717, 1.165) is 12.8 Å². The predicted molar refractivity (Wildman–Crippen MR) is 52.6 cm³/mol. The van der Waals surface area contributed by atoms with Gasteiger partial charge in [-0.2, -0.15) is 0 Å². The molecule has 2 fully saturated rings. The molecule has 2 nitrogen and oxygen atoms in total. The van der Waals surface area contributed by atoms with Crippen LogP contribution in [0.5, 0.6) is 0 Å². The zero-order valence-electron chi connectivity index (χ0n) is 8.46. The third-order valence-electron chi connectivity index (χ3n) is 3.46. The zero-order valence-corrected chi connectivity index (χ0v) is 8.46. The topological polar surface area (TPSA) is 20.3 Å². The Kier molecular flexibility index (Phi) is 2.68. The number of likely N-dealkylation sites (tertiary alicyclic amines) is 1. The SMILES string of the molecule is CCCCN1C[C@H]2CC(=O)C[C@H]2C1. The van der Waals surface area contributed by atoms with Crippen LogP contribution in [-0.2, 0) is 4.79 Å². The van der Waals surface area contributed by atoms with Gasteiger partial charge in [-0.3, -0.25) is 4.79 Å². The Balaban J connectivity index is 1.80. The second-order valence-electron chi connectivity index (χ2n) is 4.58. The van der Waals surface area contributed by atoms with Crippen LogP contribution < -0.4 is 0 Å². The van der Waals surface area contributed by atoms with Gasteiger partial charge in [-0.25, -0.2) is 0 Å². The molecule has 1 aliphatic carbocycles. The van der Waals surface area contributed by atoms with E-state index in [0.29, 0.717) is 17.6 Å². The summed E-state index contributed by atoms with van der Waals surface area (Å²) in [4.78, 5) is 13.7. The smallest absolute Gasteiger partial charge is 0.133 e. The summed E-state index contributed by atoms with van der Waals surface area (Å²) >= 11 is 0. The predicted octanol–water partition coefficient (Wildman–Crippen LogP) is 1.70. The van der Waals surface area contributed by atoms with Crippen molar-refractivity contribution in [3.63, 3.8) is 0 Å². The van der Waals surface area contributed by atoms with Crippen LogP contribution in [0, 0.1) is 11.8 Å². The van der Waals surface area contributed by atoms with Crippen LogP contribution in [-0.4, -0.2) is 30.3 Å². The maximum Gasteiger partial charge on any atom is 0.133 e. The molecule has 2 atom stereocenters. The molecule has 0 aromatic carbocycles. The summed E-state index contributed by atoms with van der Waals surface area (Å²) in [5.41, 5.74) is 0. The summed E-state index contributed by atoms with van der Waals surface area (Å²) in [5, 5.41) is 0. The van der Waals surface area contributed by atoms with E-state index in [9.17, 15) is 4.79 Å². The standard InChI is InChI=1S/C11H19NO/c1-2-3-4-12-7-9-5-11(13)6-10(9)8-12/h9-10H,2-8H2,1H3/t9-,10+. The summed E-state index contributed by atoms with van der Waals surface area (Å²) in [6.45, 7) is 5.87. The van der Waals surface area contributed by atoms with Crippen molar-refractivity contribution in [2.45, 2.75) is 32.6 Å². The molecule has 0 amide bonds. The highest BCUT2D eigenvalue weighted by Crippen LogP contribution is 2.35. The van der Waals surface area contributed by atoms with Crippen LogP contribution >= 0.6 is 0 Å². The third kappa shape index (κ3) is 1.93. The monoisotopic (exact) mass is 181 g/mol. The Morgan fingerprint density at radius 1 is 1.31 bits per heavy atom. The highest BCUT2D eigenvalue weighted by molar-refractivity contribution is 5.81. The van der Waals surface area contributed by atoms with Crippen molar-refractivity contribution in [2.24, 2.45) is 11.8 Å². The molecule has 0 radical (unpaired) electrons. The van der Waals surface area contributed by atoms with Gasteiger partial charge in [0, 0.05) is 25.9 Å². The van der Waals surface area contributed by atoms with Gasteiger partial charge >= 0.3 is 0 Å². The molecule has 0 spiro atoms. The average molecular weight is 181 g/mol. The molecule has 0 bridgehead atoms. The summed E-state index contributed by atoms with van der Waals surface area (Å²) < 4.78 is 0. The maximum atomic E-state index is 11.2. The number of hydrogen-bond acceptors (Lipinski definition) is 2. The van der Waals surface area contributed by atoms with E-state index in [1.807, 2.05) is 0 Å². The molecule has 0 unspecified atom stereocenters. The van der Waals surface area contributed by atoms with Crippen LogP contribution in [0.3, 0.4) is 0 Å². The molecule has 2 heteroatoms. The number of carbonyl (C=O) groups excluding carboxylic acids is 1. The van der Waals surface area contributed by atoms with E-state index >= 15 is 0 Å². The Bertz CT molecular complexity index is 186. The van der Waals surface area contributed by atoms with Gasteiger partial charge in [-0.15, -0.1) is 0 Å². The van der Waals surface area contributed by atoms with Gasteiger partial charge in [0.25, 0.3) is 0 Å². The fourth-order valence-corrected chi connectivity index (χ4v) is 2.73. The second kappa shape index (κ2) is 3.79. The van der Waals surface area contributed by atoms with Crippen molar-refractivity contribution in [3.05, 3.63) is 0 Å². The average Bonchev–Trinajstić information content (AvgIpc) is 2.57. The van der Waals surface area contributed by atoms with Crippen LogP contribution in [0.15, 0.2) is 0 Å². The minimum absolute atomic E-state index is 0.505. The molecule has 2 aliphatic rings. The van der Waals surface area contributed by atoms with E-state index in [-0.39, 0.29) is 0 Å². The summed E-state index contributed by atoms with van der Waals surface area (Å²) in [7, 11) is 0. The molecular formula is C11H19NO. The number of carbonyl (C=O) groups is 1. The van der Waals surface area contributed by atoms with Crippen LogP contribution in [0.2, 0.25) is 0 Å². The van der Waals surface area contributed by atoms with Crippen LogP contribution in [0.25, 0.3) is 0 Å². The molecule has 74 valence electrons. The largest absolute Gasteiger partial charge is 0.303 e. The summed E-state index contributed by atoms with van der Waals surface area (Å²) in [5.74, 6) is 1.93. The number of unbranched alkanes of at least 4 members (excludes halogenated alkanes) is 1. The highest BCUT2D eigenvalue weighted by atomic mass is 16.1. The Morgan fingerprint density at radius 2 is 1.92 bits per heavy atom. The van der Waals surface area contributed by atoms with Gasteiger partial charge < -0.3 is 4.90 Å². The first kappa shape index (κ1) is 9.20. The normalized spacial score (nSPS) is 34.1. The van der Waals surface area contributed by atoms with Gasteiger partial charge in [0.05, 0.1) is 0 Å². The maximum absolute atomic E-state index is 11.2. The van der Waals surface area contributed by atoms with Crippen LogP contribution in [0.4, 0.5) is 0 Å². The molecule has 0 N–H and O–H groups in total. The number of rotatable bonds is 3. The lowest BCUT2D eigenvalue weighted by atomic mass is 10.0. The molecule has 1 saturated heterocycles. The lowest BCUT2D eigenvalue weighted by Crippen LogP contribution is -2.23. The van der Waals surface area contributed by atoms with E-state index in [1.54, 1.807) is 0 Å². The third-order valence-corrected chi connectivity index (χ3v) is 3.46. The van der Waals surface area contributed by atoms with E-state index in [4.69, 9.17) is 0 Å². The molecule has 0 aromatic heterocycles. The first-order valence-electron chi connectivity index (χ1n) is 5.53. The number of hydrogen-bond donors (Lipinski definition) is 0. The van der Waals surface area contributed by atoms with Gasteiger partial charge in [-0.1, -0.05) is 13.3 Å². The number of fused-ring (bicyclic) bond motifs is 1. The second-order valence-corrected chi connectivity index (χ2v) is 4.58. The fraction of sp³-hybridized carbons (Fsp3) is 0.909.